The quantitative estimate of drug-likeness (QED) is 0.334. The highest BCUT2D eigenvalue weighted by Gasteiger charge is 2.29. The molecular formula is C15H20BrN3O4. The van der Waals surface area contributed by atoms with Crippen LogP contribution in [0.2, 0.25) is 0 Å². The molecule has 1 fully saturated rings. The summed E-state index contributed by atoms with van der Waals surface area (Å²) >= 11 is 3.21. The van der Waals surface area contributed by atoms with Crippen LogP contribution in [0.1, 0.15) is 31.9 Å². The summed E-state index contributed by atoms with van der Waals surface area (Å²) in [6.07, 6.45) is 2.16. The van der Waals surface area contributed by atoms with E-state index in [1.807, 2.05) is 4.90 Å². The third-order valence-corrected chi connectivity index (χ3v) is 4.31. The molecule has 1 aromatic heterocycles. The first-order chi connectivity index (χ1) is 10.9. The molecule has 1 aromatic rings. The molecule has 23 heavy (non-hydrogen) atoms. The van der Waals surface area contributed by atoms with E-state index in [0.29, 0.717) is 35.6 Å². The van der Waals surface area contributed by atoms with Crippen molar-refractivity contribution in [3.8, 4) is 0 Å². The number of piperidine rings is 1. The Morgan fingerprint density at radius 2 is 2.35 bits per heavy atom. The predicted octanol–water partition coefficient (Wildman–Crippen LogP) is 3.23. The van der Waals surface area contributed by atoms with Crippen molar-refractivity contribution >= 4 is 33.3 Å². The fourth-order valence-electron chi connectivity index (χ4n) is 3.03. The van der Waals surface area contributed by atoms with E-state index in [4.69, 9.17) is 4.74 Å². The number of carbonyl (C=O) groups is 1. The van der Waals surface area contributed by atoms with Gasteiger partial charge in [-0.2, -0.15) is 0 Å². The fourth-order valence-corrected chi connectivity index (χ4v) is 3.52. The van der Waals surface area contributed by atoms with Gasteiger partial charge in [0.1, 0.15) is 10.3 Å². The van der Waals surface area contributed by atoms with Crippen molar-refractivity contribution in [1.82, 2.24) is 4.98 Å². The number of aryl methyl sites for hydroxylation is 1. The summed E-state index contributed by atoms with van der Waals surface area (Å²) in [4.78, 5) is 28.9. The topological polar surface area (TPSA) is 85.6 Å². The lowest BCUT2D eigenvalue weighted by atomic mass is 9.94. The average Bonchev–Trinajstić information content (AvgIpc) is 2.46. The standard InChI is InChI=1S/C15H20BrN3O4/c1-3-23-14(20)7-11-5-4-6-18(9-11)15-10(2)17-13(16)8-12(15)19(21)22/h8,11H,3-7,9H2,1-2H3. The van der Waals surface area contributed by atoms with E-state index < -0.39 is 0 Å². The number of carbonyl (C=O) groups excluding carboxylic acids is 1. The van der Waals surface area contributed by atoms with Crippen molar-refractivity contribution in [2.24, 2.45) is 5.92 Å². The molecule has 2 rings (SSSR count). The van der Waals surface area contributed by atoms with Gasteiger partial charge in [-0.1, -0.05) is 0 Å². The number of nitrogens with zero attached hydrogens (tertiary/aromatic N) is 3. The third-order valence-electron chi connectivity index (χ3n) is 3.91. The Morgan fingerprint density at radius 3 is 3.00 bits per heavy atom. The van der Waals surface area contributed by atoms with Crippen molar-refractivity contribution in [2.45, 2.75) is 33.1 Å². The van der Waals surface area contributed by atoms with Gasteiger partial charge in [0, 0.05) is 13.1 Å². The number of anilines is 1. The average molecular weight is 386 g/mol. The lowest BCUT2D eigenvalue weighted by molar-refractivity contribution is -0.384. The highest BCUT2D eigenvalue weighted by molar-refractivity contribution is 9.10. The summed E-state index contributed by atoms with van der Waals surface area (Å²) in [6.45, 7) is 5.25. The monoisotopic (exact) mass is 385 g/mol. The molecule has 1 aliphatic heterocycles. The maximum Gasteiger partial charge on any atom is 0.306 e. The summed E-state index contributed by atoms with van der Waals surface area (Å²) < 4.78 is 5.45. The van der Waals surface area contributed by atoms with Gasteiger partial charge in [-0.15, -0.1) is 0 Å². The van der Waals surface area contributed by atoms with Crippen LogP contribution < -0.4 is 4.90 Å². The van der Waals surface area contributed by atoms with Gasteiger partial charge in [0.25, 0.3) is 5.69 Å². The Balaban J connectivity index is 2.21. The Labute approximate surface area is 143 Å². The van der Waals surface area contributed by atoms with Crippen molar-refractivity contribution in [1.29, 1.82) is 0 Å². The molecule has 0 N–H and O–H groups in total. The molecule has 0 saturated carbocycles. The van der Waals surface area contributed by atoms with Crippen LogP contribution >= 0.6 is 15.9 Å². The fraction of sp³-hybridized carbons (Fsp3) is 0.600. The Kier molecular flexibility index (Phi) is 5.92. The summed E-state index contributed by atoms with van der Waals surface area (Å²) in [5.41, 5.74) is 1.20. The van der Waals surface area contributed by atoms with Crippen LogP contribution in [0.25, 0.3) is 0 Å². The Hall–Kier alpha value is -1.70. The molecule has 0 aliphatic carbocycles. The van der Waals surface area contributed by atoms with E-state index in [9.17, 15) is 14.9 Å². The molecule has 0 spiro atoms. The summed E-state index contributed by atoms with van der Waals surface area (Å²) in [5.74, 6) is -0.0649. The minimum Gasteiger partial charge on any atom is -0.466 e. The van der Waals surface area contributed by atoms with Crippen molar-refractivity contribution in [2.75, 3.05) is 24.6 Å². The smallest absolute Gasteiger partial charge is 0.306 e. The van der Waals surface area contributed by atoms with Crippen molar-refractivity contribution < 1.29 is 14.5 Å². The molecule has 2 heterocycles. The zero-order valence-electron chi connectivity index (χ0n) is 13.2. The van der Waals surface area contributed by atoms with Crippen LogP contribution in [0.15, 0.2) is 10.7 Å². The van der Waals surface area contributed by atoms with Crippen molar-refractivity contribution in [3.63, 3.8) is 0 Å². The molecule has 1 atom stereocenters. The number of pyridine rings is 1. The van der Waals surface area contributed by atoms with Crippen LogP contribution in [0.5, 0.6) is 0 Å². The lowest BCUT2D eigenvalue weighted by Gasteiger charge is -2.34. The van der Waals surface area contributed by atoms with Crippen LogP contribution in [-0.2, 0) is 9.53 Å². The third kappa shape index (κ3) is 4.40. The number of ether oxygens (including phenoxy) is 1. The van der Waals surface area contributed by atoms with E-state index in [1.54, 1.807) is 13.8 Å². The number of esters is 1. The first-order valence-corrected chi connectivity index (χ1v) is 8.43. The molecule has 0 radical (unpaired) electrons. The van der Waals surface area contributed by atoms with Gasteiger partial charge in [0.2, 0.25) is 0 Å². The van der Waals surface area contributed by atoms with Crippen molar-refractivity contribution in [3.05, 3.63) is 26.5 Å². The second-order valence-electron chi connectivity index (χ2n) is 5.62. The van der Waals surface area contributed by atoms with Gasteiger partial charge in [-0.05, 0) is 48.5 Å². The highest BCUT2D eigenvalue weighted by Crippen LogP contribution is 2.36. The number of aromatic nitrogens is 1. The molecule has 1 unspecified atom stereocenters. The highest BCUT2D eigenvalue weighted by atomic mass is 79.9. The van der Waals surface area contributed by atoms with Gasteiger partial charge in [-0.25, -0.2) is 4.98 Å². The molecule has 7 nitrogen and oxygen atoms in total. The second kappa shape index (κ2) is 7.72. The van der Waals surface area contributed by atoms with E-state index in [-0.39, 0.29) is 22.5 Å². The lowest BCUT2D eigenvalue weighted by Crippen LogP contribution is -2.37. The van der Waals surface area contributed by atoms with E-state index in [0.717, 1.165) is 19.4 Å². The molecular weight excluding hydrogens is 366 g/mol. The molecule has 0 aromatic carbocycles. The minimum absolute atomic E-state index is 0.0427. The van der Waals surface area contributed by atoms with E-state index >= 15 is 0 Å². The van der Waals surface area contributed by atoms with Crippen LogP contribution in [0.3, 0.4) is 0 Å². The predicted molar refractivity (Wildman–Crippen MR) is 89.5 cm³/mol. The van der Waals surface area contributed by atoms with Gasteiger partial charge in [-0.3, -0.25) is 14.9 Å². The largest absolute Gasteiger partial charge is 0.466 e. The maximum absolute atomic E-state index is 11.7. The number of hydrogen-bond acceptors (Lipinski definition) is 6. The summed E-state index contributed by atoms with van der Waals surface area (Å²) in [5, 5.41) is 11.4. The molecule has 0 bridgehead atoms. The van der Waals surface area contributed by atoms with E-state index in [2.05, 4.69) is 20.9 Å². The first kappa shape index (κ1) is 17.7. The number of nitro groups is 1. The molecule has 1 saturated heterocycles. The summed E-state index contributed by atoms with van der Waals surface area (Å²) in [7, 11) is 0. The van der Waals surface area contributed by atoms with Gasteiger partial charge >= 0.3 is 5.97 Å². The van der Waals surface area contributed by atoms with Crippen LogP contribution in [-0.4, -0.2) is 35.6 Å². The molecule has 126 valence electrons. The van der Waals surface area contributed by atoms with Gasteiger partial charge in [0.15, 0.2) is 0 Å². The number of rotatable bonds is 5. The number of halogens is 1. The van der Waals surface area contributed by atoms with E-state index in [1.165, 1.54) is 6.07 Å². The minimum atomic E-state index is -0.385. The zero-order chi connectivity index (χ0) is 17.0. The second-order valence-corrected chi connectivity index (χ2v) is 6.43. The Bertz CT molecular complexity index is 609. The Morgan fingerprint density at radius 1 is 1.61 bits per heavy atom. The zero-order valence-corrected chi connectivity index (χ0v) is 14.8. The molecule has 0 amide bonds. The maximum atomic E-state index is 11.7. The number of hydrogen-bond donors (Lipinski definition) is 0. The normalized spacial score (nSPS) is 17.9. The molecule has 1 aliphatic rings. The first-order valence-electron chi connectivity index (χ1n) is 7.64. The van der Waals surface area contributed by atoms with Crippen LogP contribution in [0.4, 0.5) is 11.4 Å². The van der Waals surface area contributed by atoms with Crippen LogP contribution in [0, 0.1) is 23.0 Å². The summed E-state index contributed by atoms with van der Waals surface area (Å²) in [6, 6.07) is 1.43. The van der Waals surface area contributed by atoms with Gasteiger partial charge < -0.3 is 9.64 Å². The molecule has 8 heteroatoms. The SMILES string of the molecule is CCOC(=O)CC1CCCN(c2c([N+](=O)[O-])cc(Br)nc2C)C1. The van der Waals surface area contributed by atoms with Gasteiger partial charge in [0.05, 0.1) is 29.7 Å².